The van der Waals surface area contributed by atoms with Gasteiger partial charge < -0.3 is 14.1 Å². The first kappa shape index (κ1) is 23.5. The van der Waals surface area contributed by atoms with Crippen LogP contribution in [0.15, 0.2) is 70.4 Å². The van der Waals surface area contributed by atoms with Crippen molar-refractivity contribution >= 4 is 27.2 Å². The molecule has 0 saturated heterocycles. The number of carbonyl (C=O) groups is 1. The summed E-state index contributed by atoms with van der Waals surface area (Å²) >= 11 is 0. The number of fused-ring (bicyclic) bond motifs is 1. The van der Waals surface area contributed by atoms with Crippen LogP contribution in [0.4, 0.5) is 9.18 Å². The van der Waals surface area contributed by atoms with Crippen molar-refractivity contribution in [2.45, 2.75) is 37.8 Å². The minimum Gasteiger partial charge on any atom is -0.463 e. The molecule has 0 aliphatic heterocycles. The van der Waals surface area contributed by atoms with E-state index in [-0.39, 0.29) is 22.7 Å². The first-order valence-corrected chi connectivity index (χ1v) is 11.9. The van der Waals surface area contributed by atoms with Crippen molar-refractivity contribution in [2.75, 3.05) is 7.05 Å². The van der Waals surface area contributed by atoms with Crippen LogP contribution in [-0.4, -0.2) is 41.0 Å². The number of halogens is 1. The molecule has 1 amide bonds. The summed E-state index contributed by atoms with van der Waals surface area (Å²) in [5.41, 5.74) is 0.832. The van der Waals surface area contributed by atoms with Gasteiger partial charge in [0.1, 0.15) is 21.8 Å². The highest BCUT2D eigenvalue weighted by molar-refractivity contribution is 7.90. The van der Waals surface area contributed by atoms with Gasteiger partial charge in [-0.1, -0.05) is 12.1 Å². The molecule has 0 atom stereocenters. The summed E-state index contributed by atoms with van der Waals surface area (Å²) in [6, 6.07) is 10.4. The Balaban J connectivity index is 1.78. The van der Waals surface area contributed by atoms with Crippen molar-refractivity contribution in [3.8, 4) is 11.3 Å². The third kappa shape index (κ3) is 4.67. The molecule has 0 spiro atoms. The van der Waals surface area contributed by atoms with Gasteiger partial charge in [0.25, 0.3) is 10.0 Å². The number of aromatic nitrogens is 2. The predicted molar refractivity (Wildman–Crippen MR) is 124 cm³/mol. The van der Waals surface area contributed by atoms with Crippen LogP contribution in [0.1, 0.15) is 26.3 Å². The number of rotatable bonds is 5. The van der Waals surface area contributed by atoms with Crippen molar-refractivity contribution < 1.29 is 26.8 Å². The molecule has 0 fully saturated rings. The molecular formula is C24H24FN3O5S. The van der Waals surface area contributed by atoms with Gasteiger partial charge in [0, 0.05) is 37.1 Å². The number of hydrogen-bond donors (Lipinski definition) is 0. The number of carbonyl (C=O) groups excluding carboxylic acids is 1. The highest BCUT2D eigenvalue weighted by Crippen LogP contribution is 2.30. The van der Waals surface area contributed by atoms with Crippen LogP contribution in [0.25, 0.3) is 22.4 Å². The summed E-state index contributed by atoms with van der Waals surface area (Å²) in [5.74, 6) is -0.580. The van der Waals surface area contributed by atoms with Crippen molar-refractivity contribution in [2.24, 2.45) is 0 Å². The van der Waals surface area contributed by atoms with E-state index in [2.05, 4.69) is 4.98 Å². The van der Waals surface area contributed by atoms with E-state index in [4.69, 9.17) is 9.15 Å². The standard InChI is InChI=1S/C24H24FN3O5S/c1-24(2,3)33-23(29)27(4)14-16-11-21(18-7-5-6-8-19(18)25)28(15-16)34(30,31)17-12-22-20(26-13-17)9-10-32-22/h5-13,15H,14H2,1-4H3. The molecule has 4 aromatic rings. The number of amides is 1. The van der Waals surface area contributed by atoms with Crippen LogP contribution in [0.2, 0.25) is 0 Å². The van der Waals surface area contributed by atoms with E-state index in [1.807, 2.05) is 0 Å². The first-order chi connectivity index (χ1) is 16.0. The molecule has 0 saturated carbocycles. The van der Waals surface area contributed by atoms with Gasteiger partial charge in [-0.2, -0.15) is 0 Å². The van der Waals surface area contributed by atoms with Crippen LogP contribution in [0.5, 0.6) is 0 Å². The van der Waals surface area contributed by atoms with Crippen LogP contribution in [0.3, 0.4) is 0 Å². The van der Waals surface area contributed by atoms with E-state index in [0.29, 0.717) is 16.7 Å². The highest BCUT2D eigenvalue weighted by atomic mass is 32.2. The monoisotopic (exact) mass is 485 g/mol. The van der Waals surface area contributed by atoms with Gasteiger partial charge in [0.2, 0.25) is 0 Å². The zero-order valence-electron chi connectivity index (χ0n) is 19.1. The van der Waals surface area contributed by atoms with E-state index in [1.54, 1.807) is 32.9 Å². The molecule has 0 bridgehead atoms. The summed E-state index contributed by atoms with van der Waals surface area (Å²) in [4.78, 5) is 17.7. The van der Waals surface area contributed by atoms with Crippen molar-refractivity contribution in [1.82, 2.24) is 13.9 Å². The molecule has 1 aromatic carbocycles. The summed E-state index contributed by atoms with van der Waals surface area (Å²) < 4.78 is 53.5. The van der Waals surface area contributed by atoms with Gasteiger partial charge in [-0.15, -0.1) is 0 Å². The molecule has 10 heteroatoms. The summed E-state index contributed by atoms with van der Waals surface area (Å²) in [5, 5.41) is 0. The van der Waals surface area contributed by atoms with Gasteiger partial charge in [-0.05, 0) is 44.5 Å². The van der Waals surface area contributed by atoms with E-state index in [1.165, 1.54) is 60.9 Å². The van der Waals surface area contributed by atoms with Gasteiger partial charge in [-0.3, -0.25) is 4.98 Å². The van der Waals surface area contributed by atoms with Gasteiger partial charge in [0.15, 0.2) is 5.58 Å². The fourth-order valence-electron chi connectivity index (χ4n) is 3.41. The van der Waals surface area contributed by atoms with Crippen LogP contribution in [0, 0.1) is 5.82 Å². The Morgan fingerprint density at radius 2 is 1.94 bits per heavy atom. The molecule has 0 aliphatic rings. The summed E-state index contributed by atoms with van der Waals surface area (Å²) in [6.45, 7) is 5.31. The SMILES string of the molecule is CN(Cc1cc(-c2ccccc2F)n(S(=O)(=O)c2cnc3ccoc3c2)c1)C(=O)OC(C)(C)C. The maximum Gasteiger partial charge on any atom is 0.410 e. The molecule has 0 radical (unpaired) electrons. The third-order valence-electron chi connectivity index (χ3n) is 4.95. The number of pyridine rings is 1. The van der Waals surface area contributed by atoms with E-state index in [9.17, 15) is 17.6 Å². The number of hydrogen-bond acceptors (Lipinski definition) is 6. The highest BCUT2D eigenvalue weighted by Gasteiger charge is 2.26. The van der Waals surface area contributed by atoms with Crippen molar-refractivity contribution in [3.05, 3.63) is 72.5 Å². The maximum atomic E-state index is 14.7. The first-order valence-electron chi connectivity index (χ1n) is 10.4. The molecule has 0 unspecified atom stereocenters. The van der Waals surface area contributed by atoms with Gasteiger partial charge >= 0.3 is 6.09 Å². The lowest BCUT2D eigenvalue weighted by Gasteiger charge is -2.24. The molecule has 0 aliphatic carbocycles. The number of nitrogens with zero attached hydrogens (tertiary/aromatic N) is 3. The van der Waals surface area contributed by atoms with Crippen LogP contribution < -0.4 is 0 Å². The Labute approximate surface area is 196 Å². The number of ether oxygens (including phenoxy) is 1. The van der Waals surface area contributed by atoms with E-state index >= 15 is 0 Å². The molecule has 34 heavy (non-hydrogen) atoms. The Morgan fingerprint density at radius 1 is 1.21 bits per heavy atom. The van der Waals surface area contributed by atoms with E-state index in [0.717, 1.165) is 3.97 Å². The third-order valence-corrected chi connectivity index (χ3v) is 6.59. The molecule has 3 heterocycles. The van der Waals surface area contributed by atoms with Gasteiger partial charge in [-0.25, -0.2) is 21.6 Å². The second-order valence-electron chi connectivity index (χ2n) is 8.83. The Hall–Kier alpha value is -3.66. The molecule has 8 nitrogen and oxygen atoms in total. The Bertz CT molecular complexity index is 1470. The average molecular weight is 486 g/mol. The zero-order valence-corrected chi connectivity index (χ0v) is 20.0. The Morgan fingerprint density at radius 3 is 2.65 bits per heavy atom. The number of furan rings is 1. The lowest BCUT2D eigenvalue weighted by molar-refractivity contribution is 0.0285. The topological polar surface area (TPSA) is 94.6 Å². The van der Waals surface area contributed by atoms with Crippen molar-refractivity contribution in [3.63, 3.8) is 0 Å². The largest absolute Gasteiger partial charge is 0.463 e. The normalized spacial score (nSPS) is 12.1. The van der Waals surface area contributed by atoms with E-state index < -0.39 is 27.5 Å². The van der Waals surface area contributed by atoms with Crippen LogP contribution in [-0.2, 0) is 21.3 Å². The zero-order chi connectivity index (χ0) is 24.7. The number of benzene rings is 1. The fraction of sp³-hybridized carbons (Fsp3) is 0.250. The smallest absolute Gasteiger partial charge is 0.410 e. The fourth-order valence-corrected chi connectivity index (χ4v) is 4.76. The maximum absolute atomic E-state index is 14.7. The minimum absolute atomic E-state index is 0.0500. The molecular weight excluding hydrogens is 461 g/mol. The molecule has 3 aromatic heterocycles. The summed E-state index contributed by atoms with van der Waals surface area (Å²) in [7, 11) is -2.64. The lowest BCUT2D eigenvalue weighted by Crippen LogP contribution is -2.33. The average Bonchev–Trinajstić information content (AvgIpc) is 3.39. The quantitative estimate of drug-likeness (QED) is 0.393. The predicted octanol–water partition coefficient (Wildman–Crippen LogP) is 5.04. The van der Waals surface area contributed by atoms with Gasteiger partial charge in [0.05, 0.1) is 18.5 Å². The minimum atomic E-state index is -4.18. The van der Waals surface area contributed by atoms with Crippen molar-refractivity contribution in [1.29, 1.82) is 0 Å². The lowest BCUT2D eigenvalue weighted by atomic mass is 10.1. The summed E-state index contributed by atoms with van der Waals surface area (Å²) in [6.07, 6.45) is 3.44. The molecule has 0 N–H and O–H groups in total. The van der Waals surface area contributed by atoms with Crippen LogP contribution >= 0.6 is 0 Å². The Kier molecular flexibility index (Phi) is 5.94. The molecule has 178 valence electrons. The second kappa shape index (κ2) is 8.60. The molecule has 4 rings (SSSR count). The second-order valence-corrected chi connectivity index (χ2v) is 10.6.